The molecule has 0 spiro atoms. The third kappa shape index (κ3) is 8.07. The third-order valence-corrected chi connectivity index (χ3v) is 6.99. The van der Waals surface area contributed by atoms with Crippen LogP contribution in [0.2, 0.25) is 20.1 Å². The third-order valence-electron chi connectivity index (χ3n) is 3.64. The maximum atomic E-state index is 12.2. The van der Waals surface area contributed by atoms with Crippen LogP contribution >= 0.6 is 58.2 Å². The molecule has 2 aromatic carbocycles. The van der Waals surface area contributed by atoms with Crippen LogP contribution in [-0.2, 0) is 20.6 Å². The van der Waals surface area contributed by atoms with Crippen LogP contribution in [0.25, 0.3) is 0 Å². The van der Waals surface area contributed by atoms with Gasteiger partial charge in [-0.25, -0.2) is 8.42 Å². The van der Waals surface area contributed by atoms with Gasteiger partial charge in [-0.15, -0.1) is 0 Å². The SMILES string of the molecule is CS(=O)(=O)N(CC(=O)NCCSCc1ccc(Cl)c(Cl)c1)c1cc(Cl)cc(Cl)c1. The topological polar surface area (TPSA) is 66.5 Å². The number of hydrogen-bond acceptors (Lipinski definition) is 4. The summed E-state index contributed by atoms with van der Waals surface area (Å²) in [6.07, 6.45) is 1.02. The molecule has 0 aliphatic rings. The molecule has 0 fully saturated rings. The summed E-state index contributed by atoms with van der Waals surface area (Å²) in [7, 11) is -3.70. The number of hydrogen-bond donors (Lipinski definition) is 1. The van der Waals surface area contributed by atoms with Gasteiger partial charge in [0.2, 0.25) is 15.9 Å². The Balaban J connectivity index is 1.86. The molecule has 0 saturated heterocycles. The van der Waals surface area contributed by atoms with Crippen molar-refractivity contribution in [2.75, 3.05) is 29.4 Å². The summed E-state index contributed by atoms with van der Waals surface area (Å²) in [5, 5.41) is 4.27. The molecule has 0 aromatic heterocycles. The Labute approximate surface area is 194 Å². The first kappa shape index (κ1) is 24.4. The molecule has 158 valence electrons. The number of thioether (sulfide) groups is 1. The smallest absolute Gasteiger partial charge is 0.240 e. The lowest BCUT2D eigenvalue weighted by molar-refractivity contribution is -0.119. The van der Waals surface area contributed by atoms with Crippen LogP contribution in [0, 0.1) is 0 Å². The quantitative estimate of drug-likeness (QED) is 0.471. The second kappa shape index (κ2) is 11.0. The zero-order valence-corrected chi connectivity index (χ0v) is 19.9. The molecule has 5 nitrogen and oxygen atoms in total. The van der Waals surface area contributed by atoms with Crippen LogP contribution in [-0.4, -0.2) is 39.4 Å². The van der Waals surface area contributed by atoms with Gasteiger partial charge in [0.1, 0.15) is 6.54 Å². The van der Waals surface area contributed by atoms with Crippen molar-refractivity contribution in [2.24, 2.45) is 0 Å². The molecular weight excluding hydrogens is 498 g/mol. The summed E-state index contributed by atoms with van der Waals surface area (Å²) < 4.78 is 25.2. The second-order valence-corrected chi connectivity index (χ2v) is 10.7. The predicted octanol–water partition coefficient (Wildman–Crippen LogP) is 5.12. The first-order valence-electron chi connectivity index (χ1n) is 8.28. The molecular formula is C18H18Cl4N2O3S2. The number of halogens is 4. The van der Waals surface area contributed by atoms with Gasteiger partial charge in [-0.2, -0.15) is 11.8 Å². The molecule has 0 radical (unpaired) electrons. The Morgan fingerprint density at radius 2 is 1.69 bits per heavy atom. The largest absolute Gasteiger partial charge is 0.354 e. The number of anilines is 1. The van der Waals surface area contributed by atoms with Crippen molar-refractivity contribution in [2.45, 2.75) is 5.75 Å². The van der Waals surface area contributed by atoms with Gasteiger partial charge in [0.25, 0.3) is 0 Å². The number of nitrogens with zero attached hydrogens (tertiary/aromatic N) is 1. The zero-order valence-electron chi connectivity index (χ0n) is 15.3. The molecule has 0 bridgehead atoms. The molecule has 0 unspecified atom stereocenters. The lowest BCUT2D eigenvalue weighted by atomic mass is 10.2. The fraction of sp³-hybridized carbons (Fsp3) is 0.278. The number of carbonyl (C=O) groups is 1. The van der Waals surface area contributed by atoms with Gasteiger partial charge in [-0.05, 0) is 35.9 Å². The predicted molar refractivity (Wildman–Crippen MR) is 124 cm³/mol. The van der Waals surface area contributed by atoms with Crippen molar-refractivity contribution in [3.05, 3.63) is 62.1 Å². The first-order chi connectivity index (χ1) is 13.6. The van der Waals surface area contributed by atoms with Crippen molar-refractivity contribution in [1.82, 2.24) is 5.32 Å². The normalized spacial score (nSPS) is 11.3. The van der Waals surface area contributed by atoms with E-state index in [9.17, 15) is 13.2 Å². The standard InChI is InChI=1S/C18H18Cl4N2O3S2/c1-29(26,27)24(15-8-13(19)7-14(20)9-15)10-18(25)23-4-5-28-11-12-2-3-16(21)17(22)6-12/h2-3,6-9H,4-5,10-11H2,1H3,(H,23,25). The second-order valence-electron chi connectivity index (χ2n) is 6.05. The number of rotatable bonds is 9. The first-order valence-corrected chi connectivity index (χ1v) is 12.8. The molecule has 2 rings (SSSR count). The van der Waals surface area contributed by atoms with Crippen LogP contribution in [0.15, 0.2) is 36.4 Å². The van der Waals surface area contributed by atoms with Gasteiger partial charge in [0, 0.05) is 28.1 Å². The Bertz CT molecular complexity index is 967. The van der Waals surface area contributed by atoms with Crippen molar-refractivity contribution < 1.29 is 13.2 Å². The molecule has 0 heterocycles. The summed E-state index contributed by atoms with van der Waals surface area (Å²) in [5.74, 6) is 0.929. The van der Waals surface area contributed by atoms with Gasteiger partial charge >= 0.3 is 0 Å². The maximum absolute atomic E-state index is 12.2. The highest BCUT2D eigenvalue weighted by atomic mass is 35.5. The summed E-state index contributed by atoms with van der Waals surface area (Å²) >= 11 is 25.4. The highest BCUT2D eigenvalue weighted by molar-refractivity contribution is 7.98. The maximum Gasteiger partial charge on any atom is 0.240 e. The molecule has 29 heavy (non-hydrogen) atoms. The van der Waals surface area contributed by atoms with Gasteiger partial charge < -0.3 is 5.32 Å². The summed E-state index contributed by atoms with van der Waals surface area (Å²) in [6.45, 7) is 0.0195. The monoisotopic (exact) mass is 514 g/mol. The highest BCUT2D eigenvalue weighted by Gasteiger charge is 2.21. The van der Waals surface area contributed by atoms with Gasteiger partial charge in [-0.3, -0.25) is 9.10 Å². The van der Waals surface area contributed by atoms with Crippen molar-refractivity contribution >= 4 is 79.8 Å². The van der Waals surface area contributed by atoms with E-state index in [-0.39, 0.29) is 22.3 Å². The van der Waals surface area contributed by atoms with E-state index in [2.05, 4.69) is 5.32 Å². The Kier molecular flexibility index (Phi) is 9.25. The minimum atomic E-state index is -3.70. The van der Waals surface area contributed by atoms with Gasteiger partial charge in [0.05, 0.1) is 22.0 Å². The minimum absolute atomic E-state index is 0.231. The van der Waals surface area contributed by atoms with E-state index in [4.69, 9.17) is 46.4 Å². The molecule has 0 aliphatic carbocycles. The molecule has 1 amide bonds. The zero-order chi connectivity index (χ0) is 21.6. The van der Waals surface area contributed by atoms with E-state index in [1.807, 2.05) is 6.07 Å². The van der Waals surface area contributed by atoms with E-state index in [0.29, 0.717) is 28.1 Å². The number of sulfonamides is 1. The van der Waals surface area contributed by atoms with Gasteiger partial charge in [0.15, 0.2) is 0 Å². The van der Waals surface area contributed by atoms with E-state index in [1.165, 1.54) is 18.2 Å². The fourth-order valence-corrected chi connectivity index (χ4v) is 4.83. The molecule has 2 aromatic rings. The van der Waals surface area contributed by atoms with Crippen LogP contribution in [0.4, 0.5) is 5.69 Å². The van der Waals surface area contributed by atoms with Crippen LogP contribution in [0.5, 0.6) is 0 Å². The average Bonchev–Trinajstić information content (AvgIpc) is 2.60. The lowest BCUT2D eigenvalue weighted by Crippen LogP contribution is -2.41. The van der Waals surface area contributed by atoms with Crippen LogP contribution < -0.4 is 9.62 Å². The Hall–Kier alpha value is -0.830. The van der Waals surface area contributed by atoms with Gasteiger partial charge in [-0.1, -0.05) is 52.5 Å². The molecule has 0 aliphatic heterocycles. The number of carbonyl (C=O) groups excluding carboxylic acids is 1. The molecule has 11 heteroatoms. The number of nitrogens with one attached hydrogen (secondary N) is 1. The van der Waals surface area contributed by atoms with Crippen molar-refractivity contribution in [3.63, 3.8) is 0 Å². The number of benzene rings is 2. The van der Waals surface area contributed by atoms with E-state index < -0.39 is 15.9 Å². The van der Waals surface area contributed by atoms with Crippen molar-refractivity contribution in [1.29, 1.82) is 0 Å². The number of amides is 1. The van der Waals surface area contributed by atoms with E-state index in [0.717, 1.165) is 16.1 Å². The van der Waals surface area contributed by atoms with Crippen molar-refractivity contribution in [3.8, 4) is 0 Å². The van der Waals surface area contributed by atoms with Crippen LogP contribution in [0.3, 0.4) is 0 Å². The molecule has 0 atom stereocenters. The summed E-state index contributed by atoms with van der Waals surface area (Å²) in [6, 6.07) is 9.79. The Morgan fingerprint density at radius 1 is 1.03 bits per heavy atom. The summed E-state index contributed by atoms with van der Waals surface area (Å²) in [5.41, 5.74) is 1.26. The average molecular weight is 516 g/mol. The lowest BCUT2D eigenvalue weighted by Gasteiger charge is -2.22. The Morgan fingerprint density at radius 3 is 2.28 bits per heavy atom. The van der Waals surface area contributed by atoms with Crippen LogP contribution in [0.1, 0.15) is 5.56 Å². The molecule has 0 saturated carbocycles. The highest BCUT2D eigenvalue weighted by Crippen LogP contribution is 2.27. The minimum Gasteiger partial charge on any atom is -0.354 e. The van der Waals surface area contributed by atoms with E-state index >= 15 is 0 Å². The summed E-state index contributed by atoms with van der Waals surface area (Å²) in [4.78, 5) is 12.2. The van der Waals surface area contributed by atoms with E-state index in [1.54, 1.807) is 23.9 Å². The molecule has 1 N–H and O–H groups in total. The fourth-order valence-electron chi connectivity index (χ4n) is 2.35.